The van der Waals surface area contributed by atoms with Crippen molar-refractivity contribution in [1.29, 1.82) is 0 Å². The van der Waals surface area contributed by atoms with Crippen LogP contribution < -0.4 is 0 Å². The highest BCUT2D eigenvalue weighted by molar-refractivity contribution is 7.09. The lowest BCUT2D eigenvalue weighted by atomic mass is 10.1. The molecule has 7 nitrogen and oxygen atoms in total. The number of hydrogen-bond donors (Lipinski definition) is 0. The van der Waals surface area contributed by atoms with E-state index < -0.39 is 5.97 Å². The van der Waals surface area contributed by atoms with Crippen molar-refractivity contribution < 1.29 is 9.53 Å². The Morgan fingerprint density at radius 2 is 2.29 bits per heavy atom. The molecule has 2 aromatic rings. The molecular weight excluding hydrogens is 290 g/mol. The van der Waals surface area contributed by atoms with Crippen LogP contribution in [-0.2, 0) is 11.3 Å². The van der Waals surface area contributed by atoms with Gasteiger partial charge in [0.05, 0.1) is 24.9 Å². The van der Waals surface area contributed by atoms with E-state index in [1.54, 1.807) is 22.2 Å². The highest BCUT2D eigenvalue weighted by Crippen LogP contribution is 2.23. The van der Waals surface area contributed by atoms with Crippen molar-refractivity contribution in [3.8, 4) is 0 Å². The zero-order valence-electron chi connectivity index (χ0n) is 11.8. The molecule has 3 heterocycles. The number of aromatic nitrogens is 4. The average Bonchev–Trinajstić information content (AvgIpc) is 3.18. The van der Waals surface area contributed by atoms with Crippen molar-refractivity contribution >= 4 is 17.3 Å². The smallest absolute Gasteiger partial charge is 0.360 e. The summed E-state index contributed by atoms with van der Waals surface area (Å²) in [5.41, 5.74) is 2.14. The normalized spacial score (nSPS) is 17.0. The largest absolute Gasteiger partial charge is 0.464 e. The second-order valence-electron chi connectivity index (χ2n) is 5.05. The van der Waals surface area contributed by atoms with Crippen molar-refractivity contribution in [3.63, 3.8) is 0 Å². The van der Waals surface area contributed by atoms with Gasteiger partial charge in [-0.3, -0.25) is 9.88 Å². The molecule has 1 aliphatic rings. The number of hydrogen-bond acceptors (Lipinski definition) is 7. The van der Waals surface area contributed by atoms with Gasteiger partial charge in [0.2, 0.25) is 0 Å². The molecule has 0 saturated carbocycles. The van der Waals surface area contributed by atoms with Crippen LogP contribution in [0, 0.1) is 0 Å². The van der Waals surface area contributed by atoms with E-state index in [1.165, 1.54) is 12.0 Å². The molecule has 1 saturated heterocycles. The Morgan fingerprint density at radius 1 is 1.48 bits per heavy atom. The van der Waals surface area contributed by atoms with Gasteiger partial charge in [-0.2, -0.15) is 0 Å². The molecule has 0 radical (unpaired) electrons. The fourth-order valence-corrected chi connectivity index (χ4v) is 3.17. The third-order valence-corrected chi connectivity index (χ3v) is 4.46. The van der Waals surface area contributed by atoms with E-state index in [1.807, 2.05) is 11.7 Å². The van der Waals surface area contributed by atoms with Crippen molar-refractivity contribution in [3.05, 3.63) is 28.5 Å². The maximum atomic E-state index is 11.4. The lowest BCUT2D eigenvalue weighted by Crippen LogP contribution is -2.34. The minimum Gasteiger partial charge on any atom is -0.464 e. The van der Waals surface area contributed by atoms with Crippen LogP contribution in [0.2, 0.25) is 0 Å². The van der Waals surface area contributed by atoms with Crippen LogP contribution in [0.5, 0.6) is 0 Å². The van der Waals surface area contributed by atoms with Gasteiger partial charge in [-0.25, -0.2) is 9.48 Å². The molecule has 0 aliphatic carbocycles. The summed E-state index contributed by atoms with van der Waals surface area (Å²) < 4.78 is 6.43. The van der Waals surface area contributed by atoms with Crippen molar-refractivity contribution in [1.82, 2.24) is 24.9 Å². The van der Waals surface area contributed by atoms with Crippen molar-refractivity contribution in [2.24, 2.45) is 0 Å². The van der Waals surface area contributed by atoms with E-state index in [9.17, 15) is 4.79 Å². The molecule has 112 valence electrons. The molecule has 3 rings (SSSR count). The molecule has 0 spiro atoms. The van der Waals surface area contributed by atoms with Crippen LogP contribution in [0.15, 0.2) is 17.9 Å². The Hall–Kier alpha value is -1.80. The third-order valence-electron chi connectivity index (χ3n) is 3.70. The number of rotatable bonds is 4. The minimum absolute atomic E-state index is 0.268. The molecule has 0 unspecified atom stereocenters. The Balaban J connectivity index is 1.55. The summed E-state index contributed by atoms with van der Waals surface area (Å²) in [5.74, 6) is -0.441. The molecule has 0 aromatic carbocycles. The van der Waals surface area contributed by atoms with Crippen LogP contribution in [0.4, 0.5) is 0 Å². The van der Waals surface area contributed by atoms with Gasteiger partial charge < -0.3 is 4.74 Å². The average molecular weight is 307 g/mol. The Kier molecular flexibility index (Phi) is 4.26. The highest BCUT2D eigenvalue weighted by Gasteiger charge is 2.23. The van der Waals surface area contributed by atoms with Gasteiger partial charge in [0.15, 0.2) is 5.69 Å². The predicted octanol–water partition coefficient (Wildman–Crippen LogP) is 1.36. The number of likely N-dealkylation sites (tertiary alicyclic amines) is 1. The summed E-state index contributed by atoms with van der Waals surface area (Å²) >= 11 is 1.69. The zero-order valence-corrected chi connectivity index (χ0v) is 12.6. The first-order chi connectivity index (χ1) is 10.3. The second kappa shape index (κ2) is 6.31. The number of carbonyl (C=O) groups is 1. The number of carbonyl (C=O) groups excluding carboxylic acids is 1. The summed E-state index contributed by atoms with van der Waals surface area (Å²) in [6.07, 6.45) is 5.61. The lowest BCUT2D eigenvalue weighted by molar-refractivity contribution is 0.0594. The number of ether oxygens (including phenoxy) is 1. The van der Waals surface area contributed by atoms with Gasteiger partial charge in [0.25, 0.3) is 0 Å². The van der Waals surface area contributed by atoms with Crippen LogP contribution in [-0.4, -0.2) is 51.0 Å². The molecule has 0 bridgehead atoms. The van der Waals surface area contributed by atoms with Crippen LogP contribution in [0.25, 0.3) is 0 Å². The lowest BCUT2D eigenvalue weighted by Gasteiger charge is -2.31. The molecule has 0 N–H and O–H groups in total. The third kappa shape index (κ3) is 3.27. The summed E-state index contributed by atoms with van der Waals surface area (Å²) in [7, 11) is 1.35. The maximum absolute atomic E-state index is 11.4. The molecule has 1 fully saturated rings. The summed E-state index contributed by atoms with van der Waals surface area (Å²) in [4.78, 5) is 19.2. The fraction of sp³-hybridized carbons (Fsp3) is 0.538. The topological polar surface area (TPSA) is 73.1 Å². The van der Waals surface area contributed by atoms with Crippen LogP contribution in [0.1, 0.15) is 34.2 Å². The van der Waals surface area contributed by atoms with Gasteiger partial charge in [-0.1, -0.05) is 5.21 Å². The monoisotopic (exact) mass is 307 g/mol. The number of thiazole rings is 1. The molecule has 21 heavy (non-hydrogen) atoms. The zero-order chi connectivity index (χ0) is 14.7. The number of methoxy groups -OCH3 is 1. The van der Waals surface area contributed by atoms with E-state index >= 15 is 0 Å². The first-order valence-electron chi connectivity index (χ1n) is 6.86. The van der Waals surface area contributed by atoms with E-state index in [0.717, 1.165) is 32.5 Å². The highest BCUT2D eigenvalue weighted by atomic mass is 32.1. The van der Waals surface area contributed by atoms with E-state index in [-0.39, 0.29) is 5.69 Å². The van der Waals surface area contributed by atoms with Gasteiger partial charge in [0, 0.05) is 30.7 Å². The molecular formula is C13H17N5O2S. The predicted molar refractivity (Wildman–Crippen MR) is 77.0 cm³/mol. The maximum Gasteiger partial charge on any atom is 0.360 e. The van der Waals surface area contributed by atoms with Gasteiger partial charge in [0.1, 0.15) is 0 Å². The van der Waals surface area contributed by atoms with Crippen LogP contribution >= 0.6 is 11.3 Å². The van der Waals surface area contributed by atoms with E-state index in [0.29, 0.717) is 6.04 Å². The molecule has 0 amide bonds. The number of piperidine rings is 1. The molecule has 8 heteroatoms. The van der Waals surface area contributed by atoms with Gasteiger partial charge in [-0.15, -0.1) is 16.4 Å². The minimum atomic E-state index is -0.441. The SMILES string of the molecule is COC(=O)c1cn(C2CCN(Cc3cncs3)CC2)nn1. The van der Waals surface area contributed by atoms with Crippen LogP contribution in [0.3, 0.4) is 0 Å². The Bertz CT molecular complexity index is 589. The van der Waals surface area contributed by atoms with Gasteiger partial charge >= 0.3 is 5.97 Å². The van der Waals surface area contributed by atoms with E-state index in [4.69, 9.17) is 0 Å². The summed E-state index contributed by atoms with van der Waals surface area (Å²) in [6.45, 7) is 2.98. The Morgan fingerprint density at radius 3 is 2.95 bits per heavy atom. The number of esters is 1. The first kappa shape index (κ1) is 14.2. The van der Waals surface area contributed by atoms with Crippen molar-refractivity contribution in [2.75, 3.05) is 20.2 Å². The quantitative estimate of drug-likeness (QED) is 0.794. The Labute approximate surface area is 126 Å². The summed E-state index contributed by atoms with van der Waals surface area (Å²) in [6, 6.07) is 0.300. The molecule has 1 aliphatic heterocycles. The number of nitrogens with zero attached hydrogens (tertiary/aromatic N) is 5. The fourth-order valence-electron chi connectivity index (χ4n) is 2.54. The molecule has 2 aromatic heterocycles. The van der Waals surface area contributed by atoms with Gasteiger partial charge in [-0.05, 0) is 12.8 Å². The summed E-state index contributed by atoms with van der Waals surface area (Å²) in [5, 5.41) is 7.91. The first-order valence-corrected chi connectivity index (χ1v) is 7.74. The van der Waals surface area contributed by atoms with Crippen molar-refractivity contribution in [2.45, 2.75) is 25.4 Å². The standard InChI is InChI=1S/C13H17N5O2S/c1-20-13(19)12-8-18(16-15-12)10-2-4-17(5-3-10)7-11-6-14-9-21-11/h6,8-10H,2-5,7H2,1H3. The second-order valence-corrected chi connectivity index (χ2v) is 6.02. The molecule has 0 atom stereocenters. The van der Waals surface area contributed by atoms with E-state index in [2.05, 4.69) is 24.9 Å².